The molecule has 0 aliphatic heterocycles. The van der Waals surface area contributed by atoms with Gasteiger partial charge < -0.3 is 9.64 Å². The summed E-state index contributed by atoms with van der Waals surface area (Å²) in [5.74, 6) is -0.936. The van der Waals surface area contributed by atoms with E-state index in [9.17, 15) is 8.78 Å². The van der Waals surface area contributed by atoms with Gasteiger partial charge in [0.1, 0.15) is 17.7 Å². The highest BCUT2D eigenvalue weighted by Crippen LogP contribution is 2.32. The van der Waals surface area contributed by atoms with E-state index >= 15 is 0 Å². The summed E-state index contributed by atoms with van der Waals surface area (Å²) < 4.78 is 33.1. The van der Waals surface area contributed by atoms with Crippen molar-refractivity contribution in [2.24, 2.45) is 4.99 Å². The van der Waals surface area contributed by atoms with Gasteiger partial charge in [-0.15, -0.1) is 0 Å². The predicted octanol–water partition coefficient (Wildman–Crippen LogP) is 5.18. The van der Waals surface area contributed by atoms with Crippen molar-refractivity contribution in [3.05, 3.63) is 51.6 Å². The second-order valence-corrected chi connectivity index (χ2v) is 6.51. The molecule has 0 radical (unpaired) electrons. The Morgan fingerprint density at radius 3 is 2.52 bits per heavy atom. The van der Waals surface area contributed by atoms with Crippen LogP contribution in [0.3, 0.4) is 0 Å². The lowest BCUT2D eigenvalue weighted by Gasteiger charge is -2.16. The number of aliphatic imine (C=N–C) groups is 1. The Bertz CT molecular complexity index is 763. The first-order valence-corrected chi connectivity index (χ1v) is 8.63. The maximum absolute atomic E-state index is 13.4. The summed E-state index contributed by atoms with van der Waals surface area (Å²) in [5, 5.41) is 0. The fraction of sp³-hybridized carbons (Fsp3) is 0.333. The van der Waals surface area contributed by atoms with Gasteiger partial charge in [0.25, 0.3) is 0 Å². The number of pyridine rings is 1. The standard InChI is InChI=1S/C18H20BrF2N3O/c1-5-24(4)10-22-17-9-16(19)18(23-11(17)2)25-12(3)13-6-14(20)8-15(21)7-13/h6-10,12H,5H2,1-4H3/b22-10+/t12-/m0/s1. The quantitative estimate of drug-likeness (QED) is 0.485. The number of halogens is 3. The number of benzene rings is 1. The number of aromatic nitrogens is 1. The molecule has 25 heavy (non-hydrogen) atoms. The summed E-state index contributed by atoms with van der Waals surface area (Å²) >= 11 is 3.41. The van der Waals surface area contributed by atoms with Crippen molar-refractivity contribution in [1.29, 1.82) is 0 Å². The number of hydrogen-bond acceptors (Lipinski definition) is 3. The summed E-state index contributed by atoms with van der Waals surface area (Å²) in [5.41, 5.74) is 1.80. The summed E-state index contributed by atoms with van der Waals surface area (Å²) in [4.78, 5) is 10.7. The van der Waals surface area contributed by atoms with Crippen LogP contribution in [0.25, 0.3) is 0 Å². The van der Waals surface area contributed by atoms with Crippen molar-refractivity contribution in [2.45, 2.75) is 26.9 Å². The van der Waals surface area contributed by atoms with E-state index in [1.165, 1.54) is 12.1 Å². The molecule has 0 amide bonds. The van der Waals surface area contributed by atoms with E-state index in [4.69, 9.17) is 4.74 Å². The minimum atomic E-state index is -0.640. The van der Waals surface area contributed by atoms with Gasteiger partial charge in [-0.2, -0.15) is 0 Å². The van der Waals surface area contributed by atoms with Crippen molar-refractivity contribution in [2.75, 3.05) is 13.6 Å². The molecule has 7 heteroatoms. The second kappa shape index (κ2) is 8.38. The lowest BCUT2D eigenvalue weighted by atomic mass is 10.1. The predicted molar refractivity (Wildman–Crippen MR) is 98.5 cm³/mol. The van der Waals surface area contributed by atoms with Gasteiger partial charge in [-0.05, 0) is 60.5 Å². The van der Waals surface area contributed by atoms with Crippen LogP contribution in [-0.2, 0) is 0 Å². The number of nitrogens with zero attached hydrogens (tertiary/aromatic N) is 3. The number of hydrogen-bond donors (Lipinski definition) is 0. The molecule has 0 spiro atoms. The zero-order chi connectivity index (χ0) is 18.6. The third-order valence-corrected chi connectivity index (χ3v) is 4.21. The molecule has 0 unspecified atom stereocenters. The van der Waals surface area contributed by atoms with Gasteiger partial charge >= 0.3 is 0 Å². The largest absolute Gasteiger partial charge is 0.469 e. The van der Waals surface area contributed by atoms with Crippen LogP contribution >= 0.6 is 15.9 Å². The summed E-state index contributed by atoms with van der Waals surface area (Å²) in [6.07, 6.45) is 1.17. The highest BCUT2D eigenvalue weighted by atomic mass is 79.9. The molecule has 134 valence electrons. The van der Waals surface area contributed by atoms with Crippen molar-refractivity contribution in [3.8, 4) is 5.88 Å². The highest BCUT2D eigenvalue weighted by molar-refractivity contribution is 9.10. The zero-order valence-corrected chi connectivity index (χ0v) is 16.1. The van der Waals surface area contributed by atoms with Gasteiger partial charge in [0, 0.05) is 19.7 Å². The van der Waals surface area contributed by atoms with E-state index in [1.54, 1.807) is 19.3 Å². The van der Waals surface area contributed by atoms with Gasteiger partial charge in [-0.1, -0.05) is 0 Å². The minimum absolute atomic E-state index is 0.345. The number of rotatable bonds is 6. The molecule has 1 aromatic heterocycles. The van der Waals surface area contributed by atoms with Crippen molar-refractivity contribution < 1.29 is 13.5 Å². The van der Waals surface area contributed by atoms with Crippen molar-refractivity contribution >= 4 is 28.0 Å². The third-order valence-electron chi connectivity index (χ3n) is 3.64. The first kappa shape index (κ1) is 19.3. The average molecular weight is 412 g/mol. The topological polar surface area (TPSA) is 37.7 Å². The third kappa shape index (κ3) is 5.22. The van der Waals surface area contributed by atoms with Crippen LogP contribution in [0, 0.1) is 18.6 Å². The lowest BCUT2D eigenvalue weighted by molar-refractivity contribution is 0.214. The van der Waals surface area contributed by atoms with Gasteiger partial charge in [0.15, 0.2) is 0 Å². The molecule has 1 aromatic carbocycles. The molecule has 1 heterocycles. The van der Waals surface area contributed by atoms with Crippen molar-refractivity contribution in [3.63, 3.8) is 0 Å². The van der Waals surface area contributed by atoms with E-state index in [-0.39, 0.29) is 0 Å². The highest BCUT2D eigenvalue weighted by Gasteiger charge is 2.15. The summed E-state index contributed by atoms with van der Waals surface area (Å²) in [6.45, 7) is 6.41. The molecule has 0 saturated heterocycles. The fourth-order valence-corrected chi connectivity index (χ4v) is 2.45. The fourth-order valence-electron chi connectivity index (χ4n) is 2.05. The van der Waals surface area contributed by atoms with Gasteiger partial charge in [-0.25, -0.2) is 18.8 Å². The molecule has 1 atom stereocenters. The Hall–Kier alpha value is -2.02. The van der Waals surface area contributed by atoms with E-state index in [1.807, 2.05) is 25.8 Å². The molecule has 0 bridgehead atoms. The van der Waals surface area contributed by atoms with Crippen LogP contribution in [0.15, 0.2) is 33.7 Å². The summed E-state index contributed by atoms with van der Waals surface area (Å²) in [6, 6.07) is 5.12. The maximum Gasteiger partial charge on any atom is 0.228 e. The molecule has 0 N–H and O–H groups in total. The average Bonchev–Trinajstić information content (AvgIpc) is 2.55. The lowest BCUT2D eigenvalue weighted by Crippen LogP contribution is -2.14. The van der Waals surface area contributed by atoms with E-state index in [2.05, 4.69) is 25.9 Å². The Morgan fingerprint density at radius 2 is 1.92 bits per heavy atom. The Labute approximate surface area is 154 Å². The summed E-state index contributed by atoms with van der Waals surface area (Å²) in [7, 11) is 1.93. The van der Waals surface area contributed by atoms with E-state index in [0.29, 0.717) is 27.3 Å². The molecule has 0 saturated carbocycles. The van der Waals surface area contributed by atoms with Crippen LogP contribution in [0.4, 0.5) is 14.5 Å². The van der Waals surface area contributed by atoms with Gasteiger partial charge in [0.05, 0.1) is 22.2 Å². The molecule has 2 aromatic rings. The first-order chi connectivity index (χ1) is 11.8. The smallest absolute Gasteiger partial charge is 0.228 e. The monoisotopic (exact) mass is 411 g/mol. The van der Waals surface area contributed by atoms with Crippen LogP contribution in [0.2, 0.25) is 0 Å². The van der Waals surface area contributed by atoms with Gasteiger partial charge in [0.2, 0.25) is 5.88 Å². The first-order valence-electron chi connectivity index (χ1n) is 7.84. The molecule has 0 aliphatic rings. The SMILES string of the molecule is CCN(C)/C=N/c1cc(Br)c(O[C@@H](C)c2cc(F)cc(F)c2)nc1C. The molecule has 2 rings (SSSR count). The van der Waals surface area contributed by atoms with Crippen LogP contribution in [-0.4, -0.2) is 29.8 Å². The molecular weight excluding hydrogens is 392 g/mol. The van der Waals surface area contributed by atoms with E-state index < -0.39 is 17.7 Å². The maximum atomic E-state index is 13.4. The molecule has 0 aliphatic carbocycles. The Kier molecular flexibility index (Phi) is 6.47. The Balaban J connectivity index is 2.22. The number of aryl methyl sites for hydroxylation is 1. The van der Waals surface area contributed by atoms with Crippen LogP contribution < -0.4 is 4.74 Å². The Morgan fingerprint density at radius 1 is 1.28 bits per heavy atom. The van der Waals surface area contributed by atoms with Gasteiger partial charge in [-0.3, -0.25) is 0 Å². The molecular formula is C18H20BrF2N3O. The second-order valence-electron chi connectivity index (χ2n) is 5.66. The zero-order valence-electron chi connectivity index (χ0n) is 14.6. The number of ether oxygens (including phenoxy) is 1. The van der Waals surface area contributed by atoms with Crippen LogP contribution in [0.1, 0.15) is 31.2 Å². The minimum Gasteiger partial charge on any atom is -0.469 e. The van der Waals surface area contributed by atoms with Crippen molar-refractivity contribution in [1.82, 2.24) is 9.88 Å². The molecule has 4 nitrogen and oxygen atoms in total. The van der Waals surface area contributed by atoms with E-state index in [0.717, 1.165) is 12.6 Å². The van der Waals surface area contributed by atoms with Crippen LogP contribution in [0.5, 0.6) is 5.88 Å². The molecule has 0 fully saturated rings. The normalized spacial score (nSPS) is 12.4.